The Hall–Kier alpha value is -2.41. The van der Waals surface area contributed by atoms with Gasteiger partial charge in [0.15, 0.2) is 4.90 Å². The second kappa shape index (κ2) is 5.53. The van der Waals surface area contributed by atoms with Gasteiger partial charge in [0.1, 0.15) is 0 Å². The van der Waals surface area contributed by atoms with Gasteiger partial charge in [-0.25, -0.2) is 8.42 Å². The second-order valence-electron chi connectivity index (χ2n) is 4.54. The smallest absolute Gasteiger partial charge is 0.269 e. The minimum Gasteiger partial charge on any atom is -0.269 e. The van der Waals surface area contributed by atoms with Gasteiger partial charge >= 0.3 is 0 Å². The maximum Gasteiger partial charge on any atom is 0.289 e. The van der Waals surface area contributed by atoms with Crippen LogP contribution in [-0.4, -0.2) is 20.4 Å². The first-order valence-corrected chi connectivity index (χ1v) is 7.57. The van der Waals surface area contributed by atoms with Crippen molar-refractivity contribution in [2.75, 3.05) is 11.4 Å². The molecule has 0 heterocycles. The van der Waals surface area contributed by atoms with E-state index >= 15 is 0 Å². The van der Waals surface area contributed by atoms with Crippen LogP contribution >= 0.6 is 0 Å². The van der Waals surface area contributed by atoms with E-state index in [1.54, 1.807) is 18.2 Å². The molecule has 0 aliphatic heterocycles. The largest absolute Gasteiger partial charge is 0.289 e. The Morgan fingerprint density at radius 1 is 1.10 bits per heavy atom. The van der Waals surface area contributed by atoms with E-state index in [0.29, 0.717) is 5.69 Å². The van der Waals surface area contributed by atoms with Crippen molar-refractivity contribution in [1.29, 1.82) is 0 Å². The van der Waals surface area contributed by atoms with Crippen LogP contribution in [0.25, 0.3) is 0 Å². The van der Waals surface area contributed by atoms with Crippen LogP contribution in [0.1, 0.15) is 5.56 Å². The van der Waals surface area contributed by atoms with Crippen molar-refractivity contribution >= 4 is 21.4 Å². The maximum absolute atomic E-state index is 12.6. The zero-order valence-corrected chi connectivity index (χ0v) is 12.4. The molecule has 2 rings (SSSR count). The number of nitro benzene ring substituents is 1. The highest BCUT2D eigenvalue weighted by Gasteiger charge is 2.29. The lowest BCUT2D eigenvalue weighted by atomic mass is 10.2. The van der Waals surface area contributed by atoms with Gasteiger partial charge in [0.05, 0.1) is 10.6 Å². The highest BCUT2D eigenvalue weighted by Crippen LogP contribution is 2.28. The molecule has 0 aromatic heterocycles. The summed E-state index contributed by atoms with van der Waals surface area (Å²) in [5.41, 5.74) is 0.919. The number of nitrogens with zero attached hydrogens (tertiary/aromatic N) is 2. The lowest BCUT2D eigenvalue weighted by Crippen LogP contribution is -2.27. The number of hydrogen-bond donors (Lipinski definition) is 0. The van der Waals surface area contributed by atoms with Gasteiger partial charge < -0.3 is 0 Å². The molecule has 7 heteroatoms. The second-order valence-corrected chi connectivity index (χ2v) is 6.47. The highest BCUT2D eigenvalue weighted by atomic mass is 32.2. The average molecular weight is 306 g/mol. The van der Waals surface area contributed by atoms with Crippen molar-refractivity contribution in [1.82, 2.24) is 0 Å². The number of rotatable bonds is 4. The molecule has 0 aliphatic carbocycles. The molecule has 0 bridgehead atoms. The van der Waals surface area contributed by atoms with E-state index in [0.717, 1.165) is 9.87 Å². The Balaban J connectivity index is 2.55. The summed E-state index contributed by atoms with van der Waals surface area (Å²) in [6, 6.07) is 12.2. The fraction of sp³-hybridized carbons (Fsp3) is 0.143. The van der Waals surface area contributed by atoms with Gasteiger partial charge in [-0.3, -0.25) is 14.4 Å². The van der Waals surface area contributed by atoms with E-state index in [2.05, 4.69) is 0 Å². The van der Waals surface area contributed by atoms with Crippen LogP contribution in [0.4, 0.5) is 11.4 Å². The van der Waals surface area contributed by atoms with Gasteiger partial charge in [-0.2, -0.15) is 0 Å². The molecule has 0 saturated carbocycles. The molecule has 0 fully saturated rings. The van der Waals surface area contributed by atoms with Crippen LogP contribution in [0.3, 0.4) is 0 Å². The molecule has 0 N–H and O–H groups in total. The minimum absolute atomic E-state index is 0.320. The number of para-hydroxylation sites is 1. The quantitative estimate of drug-likeness (QED) is 0.642. The summed E-state index contributed by atoms with van der Waals surface area (Å²) in [6.07, 6.45) is 0. The Kier molecular flexibility index (Phi) is 3.95. The molecule has 0 saturated heterocycles. The third-order valence-electron chi connectivity index (χ3n) is 3.07. The summed E-state index contributed by atoms with van der Waals surface area (Å²) in [6.45, 7) is 1.84. The number of hydrogen-bond acceptors (Lipinski definition) is 4. The van der Waals surface area contributed by atoms with Crippen molar-refractivity contribution in [2.45, 2.75) is 11.8 Å². The summed E-state index contributed by atoms with van der Waals surface area (Å²) in [5, 5.41) is 11.0. The van der Waals surface area contributed by atoms with Gasteiger partial charge in [-0.15, -0.1) is 0 Å². The fourth-order valence-electron chi connectivity index (χ4n) is 1.94. The molecule has 0 atom stereocenters. The molecule has 2 aromatic rings. The van der Waals surface area contributed by atoms with E-state index in [1.807, 2.05) is 13.0 Å². The molecule has 0 radical (unpaired) electrons. The Labute approximate surface area is 122 Å². The summed E-state index contributed by atoms with van der Waals surface area (Å²) in [5.74, 6) is 0. The monoisotopic (exact) mass is 306 g/mol. The SMILES string of the molecule is Cc1cccc(N(C)S(=O)(=O)c2ccccc2[N+](=O)[O-])c1. The first kappa shape index (κ1) is 15.0. The van der Waals surface area contributed by atoms with Gasteiger partial charge in [0.2, 0.25) is 0 Å². The molecule has 0 unspecified atom stereocenters. The van der Waals surface area contributed by atoms with Gasteiger partial charge in [-0.05, 0) is 30.7 Å². The van der Waals surface area contributed by atoms with E-state index in [4.69, 9.17) is 0 Å². The van der Waals surface area contributed by atoms with E-state index < -0.39 is 20.6 Å². The minimum atomic E-state index is -3.99. The normalized spacial score (nSPS) is 11.1. The molecular weight excluding hydrogens is 292 g/mol. The number of anilines is 1. The third kappa shape index (κ3) is 2.87. The number of benzene rings is 2. The zero-order chi connectivity index (χ0) is 15.6. The van der Waals surface area contributed by atoms with Gasteiger partial charge in [0.25, 0.3) is 15.7 Å². The molecule has 110 valence electrons. The standard InChI is InChI=1S/C14H14N2O4S/c1-11-6-5-7-12(10-11)15(2)21(19,20)14-9-4-3-8-13(14)16(17)18/h3-10H,1-2H3. The van der Waals surface area contributed by atoms with Gasteiger partial charge in [0, 0.05) is 13.1 Å². The summed E-state index contributed by atoms with van der Waals surface area (Å²) in [4.78, 5) is 9.99. The zero-order valence-electron chi connectivity index (χ0n) is 11.6. The molecule has 0 spiro atoms. The molecule has 0 aliphatic rings. The molecule has 0 amide bonds. The van der Waals surface area contributed by atoms with Crippen LogP contribution < -0.4 is 4.31 Å². The lowest BCUT2D eigenvalue weighted by molar-refractivity contribution is -0.387. The predicted molar refractivity (Wildman–Crippen MR) is 79.9 cm³/mol. The topological polar surface area (TPSA) is 80.5 Å². The Morgan fingerprint density at radius 2 is 1.76 bits per heavy atom. The number of aryl methyl sites for hydroxylation is 1. The van der Waals surface area contributed by atoms with Crippen molar-refractivity contribution in [3.63, 3.8) is 0 Å². The fourth-order valence-corrected chi connectivity index (χ4v) is 3.28. The number of sulfonamides is 1. The molecule has 21 heavy (non-hydrogen) atoms. The van der Waals surface area contributed by atoms with Crippen molar-refractivity contribution in [2.24, 2.45) is 0 Å². The van der Waals surface area contributed by atoms with Crippen LogP contribution in [0.2, 0.25) is 0 Å². The van der Waals surface area contributed by atoms with E-state index in [1.165, 1.54) is 31.3 Å². The first-order valence-electron chi connectivity index (χ1n) is 6.13. The molecule has 2 aromatic carbocycles. The van der Waals surface area contributed by atoms with Crippen LogP contribution in [0.5, 0.6) is 0 Å². The predicted octanol–water partition coefficient (Wildman–Crippen LogP) is 2.73. The molecule has 6 nitrogen and oxygen atoms in total. The van der Waals surface area contributed by atoms with Crippen LogP contribution in [0, 0.1) is 17.0 Å². The third-order valence-corrected chi connectivity index (χ3v) is 4.90. The first-order chi connectivity index (χ1) is 9.84. The summed E-state index contributed by atoms with van der Waals surface area (Å²) in [7, 11) is -2.62. The molecular formula is C14H14N2O4S. The van der Waals surface area contributed by atoms with E-state index in [9.17, 15) is 18.5 Å². The van der Waals surface area contributed by atoms with Crippen LogP contribution in [0.15, 0.2) is 53.4 Å². The Bertz CT molecular complexity index is 787. The highest BCUT2D eigenvalue weighted by molar-refractivity contribution is 7.93. The number of nitro groups is 1. The van der Waals surface area contributed by atoms with Crippen molar-refractivity contribution < 1.29 is 13.3 Å². The van der Waals surface area contributed by atoms with Crippen molar-refractivity contribution in [3.05, 3.63) is 64.2 Å². The van der Waals surface area contributed by atoms with Gasteiger partial charge in [-0.1, -0.05) is 24.3 Å². The lowest BCUT2D eigenvalue weighted by Gasteiger charge is -2.19. The van der Waals surface area contributed by atoms with E-state index in [-0.39, 0.29) is 4.90 Å². The summed E-state index contributed by atoms with van der Waals surface area (Å²) < 4.78 is 26.2. The maximum atomic E-state index is 12.6. The average Bonchev–Trinajstić information content (AvgIpc) is 2.46. The summed E-state index contributed by atoms with van der Waals surface area (Å²) >= 11 is 0. The van der Waals surface area contributed by atoms with Crippen molar-refractivity contribution in [3.8, 4) is 0 Å². The Morgan fingerprint density at radius 3 is 2.38 bits per heavy atom. The van der Waals surface area contributed by atoms with Crippen LogP contribution in [-0.2, 0) is 10.0 Å².